The first kappa shape index (κ1) is 32.9. The van der Waals surface area contributed by atoms with Crippen molar-refractivity contribution in [2.24, 2.45) is 0 Å². The number of unbranched alkanes of at least 4 members (excludes halogenated alkanes) is 18. The fourth-order valence-corrected chi connectivity index (χ4v) is 4.08. The summed E-state index contributed by atoms with van der Waals surface area (Å²) in [7, 11) is 0. The quantitative estimate of drug-likeness (QED) is 0.0992. The predicted octanol–water partition coefficient (Wildman–Crippen LogP) is 8.06. The molecule has 0 saturated carbocycles. The largest absolute Gasteiger partial charge is 0.463 e. The minimum absolute atomic E-state index is 0.109. The second-order valence-corrected chi connectivity index (χ2v) is 9.88. The summed E-state index contributed by atoms with van der Waals surface area (Å²) in [6, 6.07) is 0. The third-order valence-corrected chi connectivity index (χ3v) is 6.34. The highest BCUT2D eigenvalue weighted by Crippen LogP contribution is 2.13. The zero-order valence-corrected chi connectivity index (χ0v) is 22.6. The number of aliphatic hydroxyl groups excluding tert-OH is 1. The summed E-state index contributed by atoms with van der Waals surface area (Å²) in [5.74, 6) is -0.565. The molecule has 1 atom stereocenters. The van der Waals surface area contributed by atoms with Crippen LogP contribution in [0.5, 0.6) is 0 Å². The van der Waals surface area contributed by atoms with Crippen LogP contribution in [0.4, 0.5) is 0 Å². The molecule has 0 aliphatic carbocycles. The fraction of sp³-hybridized carbons (Fsp3) is 0.931. The average molecular weight is 485 g/mol. The Morgan fingerprint density at radius 2 is 0.765 bits per heavy atom. The zero-order valence-electron chi connectivity index (χ0n) is 22.6. The number of hydrogen-bond donors (Lipinski definition) is 1. The minimum Gasteiger partial charge on any atom is -0.463 e. The smallest absolute Gasteiger partial charge is 0.305 e. The van der Waals surface area contributed by atoms with Gasteiger partial charge in [0.1, 0.15) is 19.3 Å². The van der Waals surface area contributed by atoms with Gasteiger partial charge in [0.15, 0.2) is 0 Å². The number of aliphatic hydroxyl groups is 1. The Hall–Kier alpha value is -1.10. The van der Waals surface area contributed by atoms with Crippen molar-refractivity contribution in [1.82, 2.24) is 0 Å². The molecule has 0 aromatic rings. The average Bonchev–Trinajstić information content (AvgIpc) is 2.83. The molecule has 0 heterocycles. The van der Waals surface area contributed by atoms with Crippen molar-refractivity contribution >= 4 is 11.9 Å². The SMILES string of the molecule is CCCCCCCCCCCCCC(=O)OC[C@H](O)COC(=O)CCCCCCCCCCC. The van der Waals surface area contributed by atoms with Gasteiger partial charge in [-0.15, -0.1) is 0 Å². The molecule has 0 rings (SSSR count). The highest BCUT2D eigenvalue weighted by molar-refractivity contribution is 5.69. The van der Waals surface area contributed by atoms with Gasteiger partial charge in [0.05, 0.1) is 0 Å². The van der Waals surface area contributed by atoms with E-state index in [1.807, 2.05) is 0 Å². The maximum absolute atomic E-state index is 11.8. The topological polar surface area (TPSA) is 72.8 Å². The lowest BCUT2D eigenvalue weighted by Crippen LogP contribution is -2.25. The first-order valence-electron chi connectivity index (χ1n) is 14.6. The van der Waals surface area contributed by atoms with Crippen molar-refractivity contribution in [3.63, 3.8) is 0 Å². The number of hydrogen-bond acceptors (Lipinski definition) is 5. The first-order valence-corrected chi connectivity index (χ1v) is 14.6. The van der Waals surface area contributed by atoms with E-state index >= 15 is 0 Å². The molecular formula is C29H56O5. The third kappa shape index (κ3) is 25.5. The van der Waals surface area contributed by atoms with Crippen LogP contribution in [0.25, 0.3) is 0 Å². The molecule has 5 heteroatoms. The molecule has 0 aliphatic rings. The molecule has 34 heavy (non-hydrogen) atoms. The van der Waals surface area contributed by atoms with E-state index in [4.69, 9.17) is 9.47 Å². The molecule has 1 N–H and O–H groups in total. The van der Waals surface area contributed by atoms with E-state index in [1.54, 1.807) is 0 Å². The van der Waals surface area contributed by atoms with Crippen LogP contribution in [-0.4, -0.2) is 36.4 Å². The van der Waals surface area contributed by atoms with E-state index in [-0.39, 0.29) is 25.2 Å². The summed E-state index contributed by atoms with van der Waals surface area (Å²) >= 11 is 0. The summed E-state index contributed by atoms with van der Waals surface area (Å²) in [4.78, 5) is 23.6. The van der Waals surface area contributed by atoms with Crippen LogP contribution in [0.3, 0.4) is 0 Å². The van der Waals surface area contributed by atoms with Gasteiger partial charge in [-0.1, -0.05) is 129 Å². The standard InChI is InChI=1S/C29H56O5/c1-3-5-7-9-11-13-14-16-18-20-22-24-29(32)34-26-27(30)25-33-28(31)23-21-19-17-15-12-10-8-6-4-2/h27,30H,3-26H2,1-2H3/t27-/m1/s1. The molecule has 0 bridgehead atoms. The number of esters is 2. The molecular weight excluding hydrogens is 428 g/mol. The van der Waals surface area contributed by atoms with Gasteiger partial charge < -0.3 is 14.6 Å². The second-order valence-electron chi connectivity index (χ2n) is 9.88. The fourth-order valence-electron chi connectivity index (χ4n) is 4.08. The number of carbonyl (C=O) groups is 2. The lowest BCUT2D eigenvalue weighted by atomic mass is 10.1. The lowest BCUT2D eigenvalue weighted by Gasteiger charge is -2.12. The van der Waals surface area contributed by atoms with Gasteiger partial charge in [-0.25, -0.2) is 0 Å². The van der Waals surface area contributed by atoms with Gasteiger partial charge in [-0.05, 0) is 12.8 Å². The van der Waals surface area contributed by atoms with Gasteiger partial charge in [-0.3, -0.25) is 9.59 Å². The van der Waals surface area contributed by atoms with Gasteiger partial charge in [0.2, 0.25) is 0 Å². The molecule has 0 spiro atoms. The minimum atomic E-state index is -0.951. The molecule has 0 aromatic carbocycles. The maximum Gasteiger partial charge on any atom is 0.305 e. The summed E-state index contributed by atoms with van der Waals surface area (Å²) in [6.45, 7) is 4.25. The molecule has 0 radical (unpaired) electrons. The van der Waals surface area contributed by atoms with Crippen molar-refractivity contribution in [3.8, 4) is 0 Å². The molecule has 0 unspecified atom stereocenters. The Kier molecular flexibility index (Phi) is 25.6. The Balaban J connectivity index is 3.43. The van der Waals surface area contributed by atoms with E-state index in [2.05, 4.69) is 13.8 Å². The van der Waals surface area contributed by atoms with Gasteiger partial charge >= 0.3 is 11.9 Å². The molecule has 0 amide bonds. The van der Waals surface area contributed by atoms with E-state index < -0.39 is 6.10 Å². The first-order chi connectivity index (χ1) is 16.6. The molecule has 202 valence electrons. The second kappa shape index (κ2) is 26.5. The molecule has 0 fully saturated rings. The van der Waals surface area contributed by atoms with Crippen LogP contribution < -0.4 is 0 Å². The monoisotopic (exact) mass is 484 g/mol. The number of ether oxygens (including phenoxy) is 2. The van der Waals surface area contributed by atoms with Crippen molar-refractivity contribution in [3.05, 3.63) is 0 Å². The van der Waals surface area contributed by atoms with Gasteiger partial charge in [-0.2, -0.15) is 0 Å². The van der Waals surface area contributed by atoms with Gasteiger partial charge in [0.25, 0.3) is 0 Å². The van der Waals surface area contributed by atoms with Crippen molar-refractivity contribution in [2.45, 2.75) is 161 Å². The highest BCUT2D eigenvalue weighted by atomic mass is 16.6. The molecule has 0 saturated heterocycles. The summed E-state index contributed by atoms with van der Waals surface area (Å²) in [5.41, 5.74) is 0. The molecule has 5 nitrogen and oxygen atoms in total. The third-order valence-electron chi connectivity index (χ3n) is 6.34. The highest BCUT2D eigenvalue weighted by Gasteiger charge is 2.12. The van der Waals surface area contributed by atoms with Crippen LogP contribution in [0.1, 0.15) is 155 Å². The normalized spacial score (nSPS) is 12.0. The van der Waals surface area contributed by atoms with Crippen LogP contribution in [0.15, 0.2) is 0 Å². The van der Waals surface area contributed by atoms with E-state index in [9.17, 15) is 14.7 Å². The summed E-state index contributed by atoms with van der Waals surface area (Å²) < 4.78 is 10.2. The van der Waals surface area contributed by atoms with Crippen molar-refractivity contribution < 1.29 is 24.2 Å². The Labute approximate surface area is 210 Å². The Morgan fingerprint density at radius 1 is 0.500 bits per heavy atom. The lowest BCUT2D eigenvalue weighted by molar-refractivity contribution is -0.152. The van der Waals surface area contributed by atoms with Crippen LogP contribution >= 0.6 is 0 Å². The van der Waals surface area contributed by atoms with Crippen LogP contribution in [0, 0.1) is 0 Å². The van der Waals surface area contributed by atoms with Crippen LogP contribution in [-0.2, 0) is 19.1 Å². The molecule has 0 aliphatic heterocycles. The van der Waals surface area contributed by atoms with Crippen molar-refractivity contribution in [2.75, 3.05) is 13.2 Å². The number of rotatable bonds is 26. The number of carbonyl (C=O) groups excluding carboxylic acids is 2. The summed E-state index contributed by atoms with van der Waals surface area (Å²) in [5, 5.41) is 9.88. The predicted molar refractivity (Wildman–Crippen MR) is 141 cm³/mol. The Morgan fingerprint density at radius 3 is 1.06 bits per heavy atom. The van der Waals surface area contributed by atoms with Crippen LogP contribution in [0.2, 0.25) is 0 Å². The Bertz CT molecular complexity index is 452. The van der Waals surface area contributed by atoms with Crippen molar-refractivity contribution in [1.29, 1.82) is 0 Å². The van der Waals surface area contributed by atoms with E-state index in [0.717, 1.165) is 32.1 Å². The van der Waals surface area contributed by atoms with Gasteiger partial charge in [0, 0.05) is 12.8 Å². The summed E-state index contributed by atoms with van der Waals surface area (Å²) in [6.07, 6.45) is 24.3. The molecule has 0 aromatic heterocycles. The van der Waals surface area contributed by atoms with E-state index in [0.29, 0.717) is 12.8 Å². The zero-order chi connectivity index (χ0) is 25.1. The van der Waals surface area contributed by atoms with E-state index in [1.165, 1.54) is 96.3 Å². The maximum atomic E-state index is 11.8.